The SMILES string of the molecule is CCCOc1ccc2c(c1)CCN(C(=O)[C@@H](N)CCC)C2. The maximum absolute atomic E-state index is 12.3. The van der Waals surface area contributed by atoms with Crippen LogP contribution in [0.3, 0.4) is 0 Å². The highest BCUT2D eigenvalue weighted by Gasteiger charge is 2.24. The largest absolute Gasteiger partial charge is 0.494 e. The summed E-state index contributed by atoms with van der Waals surface area (Å²) >= 11 is 0. The number of carbonyl (C=O) groups is 1. The van der Waals surface area contributed by atoms with E-state index in [1.807, 2.05) is 11.0 Å². The first kappa shape index (κ1) is 15.8. The number of nitrogens with zero attached hydrogens (tertiary/aromatic N) is 1. The Balaban J connectivity index is 2.02. The number of fused-ring (bicyclic) bond motifs is 1. The Kier molecular flexibility index (Phi) is 5.62. The minimum absolute atomic E-state index is 0.0776. The minimum Gasteiger partial charge on any atom is -0.494 e. The molecular weight excluding hydrogens is 264 g/mol. The highest BCUT2D eigenvalue weighted by Crippen LogP contribution is 2.24. The van der Waals surface area contributed by atoms with Crippen molar-refractivity contribution in [3.05, 3.63) is 29.3 Å². The Labute approximate surface area is 127 Å². The van der Waals surface area contributed by atoms with Crippen molar-refractivity contribution >= 4 is 5.91 Å². The lowest BCUT2D eigenvalue weighted by Gasteiger charge is -2.31. The number of hydrogen-bond donors (Lipinski definition) is 1. The second-order valence-electron chi connectivity index (χ2n) is 5.68. The summed E-state index contributed by atoms with van der Waals surface area (Å²) in [5.74, 6) is 1.01. The zero-order valence-electron chi connectivity index (χ0n) is 13.1. The Bertz CT molecular complexity index is 488. The van der Waals surface area contributed by atoms with Crippen molar-refractivity contribution in [2.45, 2.75) is 52.1 Å². The molecule has 1 atom stereocenters. The van der Waals surface area contributed by atoms with Crippen LogP contribution in [0, 0.1) is 0 Å². The highest BCUT2D eigenvalue weighted by molar-refractivity contribution is 5.81. The molecule has 2 N–H and O–H groups in total. The highest BCUT2D eigenvalue weighted by atomic mass is 16.5. The van der Waals surface area contributed by atoms with Gasteiger partial charge in [0.2, 0.25) is 5.91 Å². The fourth-order valence-electron chi connectivity index (χ4n) is 2.70. The summed E-state index contributed by atoms with van der Waals surface area (Å²) in [4.78, 5) is 14.2. The molecule has 1 amide bonds. The average Bonchev–Trinajstić information content (AvgIpc) is 2.51. The van der Waals surface area contributed by atoms with Gasteiger partial charge in [0, 0.05) is 13.1 Å². The van der Waals surface area contributed by atoms with Gasteiger partial charge in [-0.1, -0.05) is 26.3 Å². The van der Waals surface area contributed by atoms with Crippen LogP contribution in [0.5, 0.6) is 5.75 Å². The van der Waals surface area contributed by atoms with Gasteiger partial charge in [-0.05, 0) is 42.5 Å². The molecule has 1 aliphatic rings. The van der Waals surface area contributed by atoms with Crippen LogP contribution >= 0.6 is 0 Å². The van der Waals surface area contributed by atoms with Crippen LogP contribution in [0.1, 0.15) is 44.2 Å². The zero-order valence-corrected chi connectivity index (χ0v) is 13.1. The fraction of sp³-hybridized carbons (Fsp3) is 0.588. The molecule has 1 aliphatic heterocycles. The van der Waals surface area contributed by atoms with Gasteiger partial charge in [0.05, 0.1) is 12.6 Å². The molecule has 1 aromatic rings. The molecule has 0 saturated carbocycles. The summed E-state index contributed by atoms with van der Waals surface area (Å²) in [7, 11) is 0. The average molecular weight is 290 g/mol. The number of hydrogen-bond acceptors (Lipinski definition) is 3. The van der Waals surface area contributed by atoms with Gasteiger partial charge in [0.25, 0.3) is 0 Å². The lowest BCUT2D eigenvalue weighted by molar-refractivity contribution is -0.133. The Morgan fingerprint density at radius 1 is 1.33 bits per heavy atom. The van der Waals surface area contributed by atoms with Gasteiger partial charge in [0.1, 0.15) is 5.75 Å². The van der Waals surface area contributed by atoms with Crippen molar-refractivity contribution in [3.8, 4) is 5.75 Å². The molecule has 1 aromatic carbocycles. The predicted octanol–water partition coefficient (Wildman–Crippen LogP) is 2.49. The molecule has 116 valence electrons. The van der Waals surface area contributed by atoms with Crippen LogP contribution in [0.4, 0.5) is 0 Å². The maximum atomic E-state index is 12.3. The van der Waals surface area contributed by atoms with E-state index in [0.29, 0.717) is 6.54 Å². The molecular formula is C17H26N2O2. The Hall–Kier alpha value is -1.55. The normalized spacial score (nSPS) is 15.5. The van der Waals surface area contributed by atoms with E-state index in [-0.39, 0.29) is 11.9 Å². The van der Waals surface area contributed by atoms with Gasteiger partial charge in [-0.15, -0.1) is 0 Å². The zero-order chi connectivity index (χ0) is 15.2. The first-order valence-corrected chi connectivity index (χ1v) is 7.94. The Morgan fingerprint density at radius 2 is 2.14 bits per heavy atom. The van der Waals surface area contributed by atoms with E-state index in [0.717, 1.165) is 44.6 Å². The van der Waals surface area contributed by atoms with Crippen molar-refractivity contribution in [1.29, 1.82) is 0 Å². The molecule has 0 unspecified atom stereocenters. The third-order valence-electron chi connectivity index (χ3n) is 3.89. The summed E-state index contributed by atoms with van der Waals surface area (Å²) < 4.78 is 5.67. The maximum Gasteiger partial charge on any atom is 0.239 e. The van der Waals surface area contributed by atoms with E-state index in [1.54, 1.807) is 0 Å². The molecule has 4 nitrogen and oxygen atoms in total. The van der Waals surface area contributed by atoms with Crippen LogP contribution < -0.4 is 10.5 Å². The number of ether oxygens (including phenoxy) is 1. The number of benzene rings is 1. The molecule has 0 saturated heterocycles. The molecule has 0 spiro atoms. The topological polar surface area (TPSA) is 55.6 Å². The Morgan fingerprint density at radius 3 is 2.86 bits per heavy atom. The van der Waals surface area contributed by atoms with Crippen LogP contribution in [0.15, 0.2) is 18.2 Å². The number of rotatable bonds is 6. The van der Waals surface area contributed by atoms with Crippen LogP contribution in [-0.4, -0.2) is 30.0 Å². The molecule has 0 aromatic heterocycles. The molecule has 1 heterocycles. The monoisotopic (exact) mass is 290 g/mol. The van der Waals surface area contributed by atoms with Crippen molar-refractivity contribution in [2.24, 2.45) is 5.73 Å². The molecule has 21 heavy (non-hydrogen) atoms. The van der Waals surface area contributed by atoms with Crippen molar-refractivity contribution < 1.29 is 9.53 Å². The van der Waals surface area contributed by atoms with Crippen molar-refractivity contribution in [3.63, 3.8) is 0 Å². The smallest absolute Gasteiger partial charge is 0.239 e. The fourth-order valence-corrected chi connectivity index (χ4v) is 2.70. The molecule has 0 radical (unpaired) electrons. The molecule has 4 heteroatoms. The molecule has 2 rings (SSSR count). The number of carbonyl (C=O) groups excluding carboxylic acids is 1. The van der Waals surface area contributed by atoms with Crippen molar-refractivity contribution in [2.75, 3.05) is 13.2 Å². The van der Waals surface area contributed by atoms with Gasteiger partial charge in [-0.2, -0.15) is 0 Å². The van der Waals surface area contributed by atoms with E-state index in [2.05, 4.69) is 26.0 Å². The first-order valence-electron chi connectivity index (χ1n) is 7.94. The van der Waals surface area contributed by atoms with E-state index >= 15 is 0 Å². The van der Waals surface area contributed by atoms with Gasteiger partial charge >= 0.3 is 0 Å². The molecule has 0 aliphatic carbocycles. The van der Waals surface area contributed by atoms with Gasteiger partial charge < -0.3 is 15.4 Å². The lowest BCUT2D eigenvalue weighted by atomic mass is 9.98. The van der Waals surface area contributed by atoms with E-state index < -0.39 is 0 Å². The second-order valence-corrected chi connectivity index (χ2v) is 5.68. The van der Waals surface area contributed by atoms with Gasteiger partial charge in [-0.3, -0.25) is 4.79 Å². The van der Waals surface area contributed by atoms with Crippen LogP contribution in [0.25, 0.3) is 0 Å². The van der Waals surface area contributed by atoms with Crippen LogP contribution in [0.2, 0.25) is 0 Å². The summed E-state index contributed by atoms with van der Waals surface area (Å²) in [6.45, 7) is 6.31. The molecule has 0 bridgehead atoms. The summed E-state index contributed by atoms with van der Waals surface area (Å²) in [6.07, 6.45) is 3.58. The number of amides is 1. The first-order chi connectivity index (χ1) is 10.2. The van der Waals surface area contributed by atoms with Gasteiger partial charge in [0.15, 0.2) is 0 Å². The van der Waals surface area contributed by atoms with Crippen molar-refractivity contribution in [1.82, 2.24) is 4.90 Å². The predicted molar refractivity (Wildman–Crippen MR) is 84.2 cm³/mol. The number of nitrogens with two attached hydrogens (primary N) is 1. The van der Waals surface area contributed by atoms with E-state index in [4.69, 9.17) is 10.5 Å². The van der Waals surface area contributed by atoms with E-state index in [9.17, 15) is 4.79 Å². The quantitative estimate of drug-likeness (QED) is 0.875. The minimum atomic E-state index is -0.358. The van der Waals surface area contributed by atoms with Crippen LogP contribution in [-0.2, 0) is 17.8 Å². The molecule has 0 fully saturated rings. The summed E-state index contributed by atoms with van der Waals surface area (Å²) in [5, 5.41) is 0. The second kappa shape index (κ2) is 7.46. The van der Waals surface area contributed by atoms with E-state index in [1.165, 1.54) is 11.1 Å². The summed E-state index contributed by atoms with van der Waals surface area (Å²) in [6, 6.07) is 5.82. The third kappa shape index (κ3) is 3.97. The summed E-state index contributed by atoms with van der Waals surface area (Å²) in [5.41, 5.74) is 8.45. The standard InChI is InChI=1S/C17H26N2O2/c1-3-5-16(18)17(20)19-9-8-13-11-15(21-10-4-2)7-6-14(13)12-19/h6-7,11,16H,3-5,8-10,12,18H2,1-2H3/t16-/m0/s1. The van der Waals surface area contributed by atoms with Gasteiger partial charge in [-0.25, -0.2) is 0 Å². The lowest BCUT2D eigenvalue weighted by Crippen LogP contribution is -2.45. The third-order valence-corrected chi connectivity index (χ3v) is 3.89.